The standard InChI is InChI=1S/C27H28FNO6/c1-16(2)29-26(23-11-9-17(28)13-24(23)34-3)21(20-7-5-6-8-22(20)27(29)33)12-10-18(30)14-19(31)15-25(32)35-4/h5-13,16,18,30H,14-15H2,1-4H3/b12-10+. The van der Waals surface area contributed by atoms with Crippen LogP contribution in [0.15, 0.2) is 53.3 Å². The van der Waals surface area contributed by atoms with Gasteiger partial charge in [0.2, 0.25) is 0 Å². The van der Waals surface area contributed by atoms with Gasteiger partial charge in [-0.15, -0.1) is 0 Å². The number of ketones is 1. The molecule has 0 aliphatic carbocycles. The number of hydrogen-bond donors (Lipinski definition) is 1. The first-order valence-corrected chi connectivity index (χ1v) is 11.1. The van der Waals surface area contributed by atoms with Crippen molar-refractivity contribution in [1.29, 1.82) is 0 Å². The number of pyridine rings is 1. The van der Waals surface area contributed by atoms with Crippen LogP contribution in [0.1, 0.15) is 38.3 Å². The smallest absolute Gasteiger partial charge is 0.313 e. The molecule has 8 heteroatoms. The van der Waals surface area contributed by atoms with Crippen LogP contribution < -0.4 is 10.3 Å². The van der Waals surface area contributed by atoms with Gasteiger partial charge in [-0.25, -0.2) is 4.39 Å². The number of halogens is 1. The predicted octanol–water partition coefficient (Wildman–Crippen LogP) is 4.29. The number of benzene rings is 2. The molecule has 0 amide bonds. The van der Waals surface area contributed by atoms with Crippen molar-refractivity contribution in [2.75, 3.05) is 14.2 Å². The Balaban J connectivity index is 2.23. The third kappa shape index (κ3) is 5.66. The minimum atomic E-state index is -1.17. The van der Waals surface area contributed by atoms with Gasteiger partial charge in [0.25, 0.3) is 5.56 Å². The van der Waals surface area contributed by atoms with Gasteiger partial charge in [0.15, 0.2) is 0 Å². The van der Waals surface area contributed by atoms with E-state index < -0.39 is 30.1 Å². The van der Waals surface area contributed by atoms with Crippen molar-refractivity contribution in [3.8, 4) is 17.0 Å². The number of aliphatic hydroxyl groups excluding tert-OH is 1. The molecule has 1 N–H and O–H groups in total. The molecule has 0 saturated heterocycles. The normalized spacial score (nSPS) is 12.3. The third-order valence-electron chi connectivity index (χ3n) is 5.59. The van der Waals surface area contributed by atoms with E-state index >= 15 is 0 Å². The fourth-order valence-electron chi connectivity index (χ4n) is 4.00. The molecule has 0 spiro atoms. The van der Waals surface area contributed by atoms with Gasteiger partial charge in [-0.1, -0.05) is 30.4 Å². The summed E-state index contributed by atoms with van der Waals surface area (Å²) in [4.78, 5) is 36.9. The average molecular weight is 482 g/mol. The van der Waals surface area contributed by atoms with E-state index in [1.54, 1.807) is 41.0 Å². The van der Waals surface area contributed by atoms with Gasteiger partial charge in [0.1, 0.15) is 23.8 Å². The predicted molar refractivity (Wildman–Crippen MR) is 132 cm³/mol. The van der Waals surface area contributed by atoms with E-state index in [-0.39, 0.29) is 23.8 Å². The van der Waals surface area contributed by atoms with E-state index in [4.69, 9.17) is 4.74 Å². The molecular weight excluding hydrogens is 453 g/mol. The van der Waals surface area contributed by atoms with Crippen molar-refractivity contribution in [3.63, 3.8) is 0 Å². The average Bonchev–Trinajstić information content (AvgIpc) is 2.82. The highest BCUT2D eigenvalue weighted by molar-refractivity contribution is 5.97. The Hall–Kier alpha value is -3.78. The van der Waals surface area contributed by atoms with E-state index in [1.165, 1.54) is 32.4 Å². The van der Waals surface area contributed by atoms with Crippen LogP contribution in [0.25, 0.3) is 28.1 Å². The second kappa shape index (κ2) is 11.1. The Morgan fingerprint density at radius 3 is 2.43 bits per heavy atom. The summed E-state index contributed by atoms with van der Waals surface area (Å²) in [5.74, 6) is -1.38. The first kappa shape index (κ1) is 25.8. The highest BCUT2D eigenvalue weighted by atomic mass is 19.1. The quantitative estimate of drug-likeness (QED) is 0.362. The summed E-state index contributed by atoms with van der Waals surface area (Å²) in [6, 6.07) is 10.9. The van der Waals surface area contributed by atoms with Crippen LogP contribution in [0, 0.1) is 5.82 Å². The highest BCUT2D eigenvalue weighted by Gasteiger charge is 2.22. The summed E-state index contributed by atoms with van der Waals surface area (Å²) < 4.78 is 25.5. The molecule has 2 aromatic carbocycles. The fourth-order valence-corrected chi connectivity index (χ4v) is 4.00. The van der Waals surface area contributed by atoms with Crippen molar-refractivity contribution in [2.24, 2.45) is 0 Å². The highest BCUT2D eigenvalue weighted by Crippen LogP contribution is 2.37. The Kier molecular flexibility index (Phi) is 8.19. The lowest BCUT2D eigenvalue weighted by molar-refractivity contribution is -0.143. The van der Waals surface area contributed by atoms with E-state index in [2.05, 4.69) is 4.74 Å². The number of methoxy groups -OCH3 is 2. The number of rotatable bonds is 9. The molecule has 0 aliphatic rings. The second-order valence-corrected chi connectivity index (χ2v) is 8.34. The maximum absolute atomic E-state index is 14.0. The summed E-state index contributed by atoms with van der Waals surface area (Å²) in [7, 11) is 2.61. The number of hydrogen-bond acceptors (Lipinski definition) is 6. The number of nitrogens with zero attached hydrogens (tertiary/aromatic N) is 1. The van der Waals surface area contributed by atoms with Gasteiger partial charge in [-0.2, -0.15) is 0 Å². The molecule has 0 saturated carbocycles. The van der Waals surface area contributed by atoms with E-state index in [0.29, 0.717) is 27.6 Å². The molecule has 1 atom stereocenters. The molecule has 184 valence electrons. The molecule has 1 aromatic heterocycles. The summed E-state index contributed by atoms with van der Waals surface area (Å²) >= 11 is 0. The molecule has 3 aromatic rings. The number of aliphatic hydroxyl groups is 1. The maximum atomic E-state index is 14.0. The zero-order chi connectivity index (χ0) is 25.7. The number of aromatic nitrogens is 1. The molecule has 7 nitrogen and oxygen atoms in total. The first-order chi connectivity index (χ1) is 16.7. The Morgan fingerprint density at radius 1 is 1.11 bits per heavy atom. The van der Waals surface area contributed by atoms with Crippen molar-refractivity contribution >= 4 is 28.6 Å². The minimum Gasteiger partial charge on any atom is -0.496 e. The van der Waals surface area contributed by atoms with Crippen LogP contribution in [0.5, 0.6) is 5.75 Å². The van der Waals surface area contributed by atoms with Crippen LogP contribution in [0.4, 0.5) is 4.39 Å². The third-order valence-corrected chi connectivity index (χ3v) is 5.59. The van der Waals surface area contributed by atoms with E-state index in [0.717, 1.165) is 0 Å². The Labute approximate surface area is 202 Å². The first-order valence-electron chi connectivity index (χ1n) is 11.1. The fraction of sp³-hybridized carbons (Fsp3) is 0.296. The molecule has 0 fully saturated rings. The number of carbonyl (C=O) groups is 2. The Morgan fingerprint density at radius 2 is 1.80 bits per heavy atom. The number of carbonyl (C=O) groups excluding carboxylic acids is 2. The zero-order valence-electron chi connectivity index (χ0n) is 20.1. The second-order valence-electron chi connectivity index (χ2n) is 8.34. The summed E-state index contributed by atoms with van der Waals surface area (Å²) in [5.41, 5.74) is 1.37. The molecular formula is C27H28FNO6. The molecule has 1 unspecified atom stereocenters. The maximum Gasteiger partial charge on any atom is 0.313 e. The van der Waals surface area contributed by atoms with Crippen molar-refractivity contribution in [3.05, 3.63) is 70.3 Å². The number of fused-ring (bicyclic) bond motifs is 1. The summed E-state index contributed by atoms with van der Waals surface area (Å²) in [6.45, 7) is 3.73. The molecule has 0 bridgehead atoms. The molecule has 1 heterocycles. The van der Waals surface area contributed by atoms with Gasteiger partial charge in [-0.05, 0) is 37.4 Å². The van der Waals surface area contributed by atoms with E-state index in [1.807, 2.05) is 13.8 Å². The SMILES string of the molecule is COC(=O)CC(=O)CC(O)/C=C/c1c(-c2ccc(F)cc2OC)n(C(C)C)c(=O)c2ccccc12. The lowest BCUT2D eigenvalue weighted by Crippen LogP contribution is -2.25. The van der Waals surface area contributed by atoms with Gasteiger partial charge < -0.3 is 19.1 Å². The minimum absolute atomic E-state index is 0.220. The van der Waals surface area contributed by atoms with Crippen molar-refractivity contribution in [2.45, 2.75) is 38.8 Å². The van der Waals surface area contributed by atoms with Gasteiger partial charge in [0.05, 0.1) is 26.0 Å². The monoisotopic (exact) mass is 481 g/mol. The van der Waals surface area contributed by atoms with Gasteiger partial charge in [0, 0.05) is 35.0 Å². The van der Waals surface area contributed by atoms with Crippen molar-refractivity contribution < 1.29 is 28.6 Å². The number of ether oxygens (including phenoxy) is 2. The topological polar surface area (TPSA) is 94.8 Å². The van der Waals surface area contributed by atoms with Crippen LogP contribution in [-0.2, 0) is 14.3 Å². The van der Waals surface area contributed by atoms with Crippen molar-refractivity contribution in [1.82, 2.24) is 4.57 Å². The zero-order valence-corrected chi connectivity index (χ0v) is 20.1. The van der Waals surface area contributed by atoms with Crippen LogP contribution >= 0.6 is 0 Å². The summed E-state index contributed by atoms with van der Waals surface area (Å²) in [6.07, 6.45) is 1.19. The molecule has 0 radical (unpaired) electrons. The lowest BCUT2D eigenvalue weighted by atomic mass is 9.96. The lowest BCUT2D eigenvalue weighted by Gasteiger charge is -2.22. The molecule has 0 aliphatic heterocycles. The Bertz CT molecular complexity index is 1340. The molecule has 35 heavy (non-hydrogen) atoms. The van der Waals surface area contributed by atoms with Crippen LogP contribution in [0.3, 0.4) is 0 Å². The van der Waals surface area contributed by atoms with Gasteiger partial charge >= 0.3 is 5.97 Å². The molecule has 3 rings (SSSR count). The number of esters is 1. The summed E-state index contributed by atoms with van der Waals surface area (Å²) in [5, 5.41) is 11.6. The largest absolute Gasteiger partial charge is 0.496 e. The number of Topliss-reactive ketones (excluding diaryl/α,β-unsaturated/α-hetero) is 1. The van der Waals surface area contributed by atoms with Gasteiger partial charge in [-0.3, -0.25) is 14.4 Å². The van der Waals surface area contributed by atoms with Crippen LogP contribution in [0.2, 0.25) is 0 Å². The van der Waals surface area contributed by atoms with E-state index in [9.17, 15) is 23.9 Å². The van der Waals surface area contributed by atoms with Crippen LogP contribution in [-0.4, -0.2) is 41.7 Å².